The van der Waals surface area contributed by atoms with E-state index in [2.05, 4.69) is 5.32 Å². The molecule has 1 amide bonds. The Bertz CT molecular complexity index is 1790. The van der Waals surface area contributed by atoms with Gasteiger partial charge in [0.1, 0.15) is 16.9 Å². The van der Waals surface area contributed by atoms with Gasteiger partial charge in [-0.2, -0.15) is 0 Å². The molecule has 1 aliphatic heterocycles. The van der Waals surface area contributed by atoms with E-state index in [9.17, 15) is 24.3 Å². The fraction of sp³-hybridized carbons (Fsp3) is 0.474. The molecule has 5 aliphatic rings. The number of hydrogen-bond donors (Lipinski definition) is 3. The highest BCUT2D eigenvalue weighted by molar-refractivity contribution is 6.05. The van der Waals surface area contributed by atoms with E-state index in [1.807, 2.05) is 37.3 Å². The number of ether oxygens (including phenoxy) is 3. The van der Waals surface area contributed by atoms with E-state index >= 15 is 4.39 Å². The maximum atomic E-state index is 17.4. The smallest absolute Gasteiger partial charge is 0.344 e. The number of ketones is 2. The zero-order valence-corrected chi connectivity index (χ0v) is 27.7. The molecule has 0 radical (unpaired) electrons. The standard InChI is InChI=1S/C38H41FN2O8/c1-21-16-26-25-13-12-23-18-24(42)14-15-35(23,2)37(25,39)30(43)19-36(26)38(21,49-36)31(44)20-48-34(46)32-28(10-7-11-29(32)47-3)41-33(45)27(40)17-22-8-5-4-6-9-22/h4-11,14-15,18,21,25-27,30,43H,12-13,16-17,19-20,40H2,1-3H3,(H,41,45)/t21-,25+,26?,27+,30+,35+,36-,37+,38+/m1/s1. The monoisotopic (exact) mass is 672 g/mol. The van der Waals surface area contributed by atoms with Crippen molar-refractivity contribution >= 4 is 29.1 Å². The molecule has 4 aliphatic carbocycles. The average molecular weight is 673 g/mol. The fourth-order valence-corrected chi connectivity index (χ4v) is 9.64. The number of rotatable bonds is 9. The van der Waals surface area contributed by atoms with E-state index in [1.54, 1.807) is 19.1 Å². The average Bonchev–Trinajstić information content (AvgIpc) is 3.69. The van der Waals surface area contributed by atoms with E-state index in [1.165, 1.54) is 31.4 Å². The first-order chi connectivity index (χ1) is 23.3. The van der Waals surface area contributed by atoms with Crippen molar-refractivity contribution in [2.45, 2.75) is 75.0 Å². The van der Waals surface area contributed by atoms with Gasteiger partial charge in [0.05, 0.1) is 24.9 Å². The van der Waals surface area contributed by atoms with Crippen molar-refractivity contribution in [3.8, 4) is 5.75 Å². The lowest BCUT2D eigenvalue weighted by molar-refractivity contribution is -0.179. The normalized spacial score (nSPS) is 35.9. The van der Waals surface area contributed by atoms with Crippen molar-refractivity contribution in [2.75, 3.05) is 19.0 Å². The number of esters is 1. The molecule has 4 N–H and O–H groups in total. The molecule has 10 nitrogen and oxygen atoms in total. The van der Waals surface area contributed by atoms with Crippen LogP contribution in [0.3, 0.4) is 0 Å². The van der Waals surface area contributed by atoms with Gasteiger partial charge in [-0.15, -0.1) is 0 Å². The molecule has 7 rings (SSSR count). The van der Waals surface area contributed by atoms with E-state index < -0.39 is 64.6 Å². The number of epoxide rings is 1. The lowest BCUT2D eigenvalue weighted by Gasteiger charge is -2.59. The summed E-state index contributed by atoms with van der Waals surface area (Å²) in [6, 6.07) is 13.0. The first-order valence-corrected chi connectivity index (χ1v) is 16.8. The summed E-state index contributed by atoms with van der Waals surface area (Å²) in [5, 5.41) is 14.3. The number of nitrogens with two attached hydrogens (primary N) is 1. The van der Waals surface area contributed by atoms with E-state index in [0.717, 1.165) is 5.56 Å². The van der Waals surface area contributed by atoms with Gasteiger partial charge in [0, 0.05) is 17.8 Å². The number of methoxy groups -OCH3 is 1. The number of carbonyl (C=O) groups is 4. The predicted octanol–water partition coefficient (Wildman–Crippen LogP) is 4.05. The van der Waals surface area contributed by atoms with Gasteiger partial charge in [0.25, 0.3) is 0 Å². The number of halogens is 1. The van der Waals surface area contributed by atoms with Crippen LogP contribution in [-0.4, -0.2) is 71.3 Å². The number of amides is 1. The number of anilines is 1. The van der Waals surface area contributed by atoms with Crippen molar-refractivity contribution in [1.29, 1.82) is 0 Å². The molecule has 9 atom stereocenters. The molecule has 2 aromatic carbocycles. The number of allylic oxidation sites excluding steroid dienone is 4. The summed E-state index contributed by atoms with van der Waals surface area (Å²) in [5.41, 5.74) is 2.15. The van der Waals surface area contributed by atoms with Gasteiger partial charge in [-0.1, -0.05) is 55.0 Å². The molecule has 0 bridgehead atoms. The van der Waals surface area contributed by atoms with Gasteiger partial charge in [-0.25, -0.2) is 9.18 Å². The molecule has 1 saturated heterocycles. The highest BCUT2D eigenvalue weighted by Crippen LogP contribution is 2.76. The van der Waals surface area contributed by atoms with Crippen LogP contribution in [0.25, 0.3) is 0 Å². The zero-order valence-electron chi connectivity index (χ0n) is 27.7. The van der Waals surface area contributed by atoms with Crippen LogP contribution in [0.2, 0.25) is 0 Å². The molecule has 1 unspecified atom stereocenters. The lowest BCUT2D eigenvalue weighted by atomic mass is 9.48. The number of aliphatic hydroxyl groups excluding tert-OH is 1. The quantitative estimate of drug-likeness (QED) is 0.264. The third-order valence-electron chi connectivity index (χ3n) is 12.0. The van der Waals surface area contributed by atoms with Gasteiger partial charge in [0.2, 0.25) is 11.7 Å². The minimum atomic E-state index is -2.05. The molecule has 0 aromatic heterocycles. The Labute approximate surface area is 283 Å². The van der Waals surface area contributed by atoms with Crippen LogP contribution in [0.5, 0.6) is 5.75 Å². The Morgan fingerprint density at radius 2 is 1.90 bits per heavy atom. The van der Waals surface area contributed by atoms with Crippen LogP contribution < -0.4 is 15.8 Å². The topological polar surface area (TPSA) is 158 Å². The lowest BCUT2D eigenvalue weighted by Crippen LogP contribution is -2.66. The molecule has 1 heterocycles. The third kappa shape index (κ3) is 4.76. The molecule has 2 aromatic rings. The summed E-state index contributed by atoms with van der Waals surface area (Å²) < 4.78 is 34.7. The van der Waals surface area contributed by atoms with E-state index in [-0.39, 0.29) is 47.5 Å². The van der Waals surface area contributed by atoms with Gasteiger partial charge < -0.3 is 30.4 Å². The first-order valence-electron chi connectivity index (χ1n) is 16.8. The van der Waals surface area contributed by atoms with Crippen molar-refractivity contribution in [3.05, 3.63) is 83.5 Å². The number of benzene rings is 2. The number of Topliss-reactive ketones (excluding diaryl/α,β-unsaturated/α-hetero) is 1. The molecular weight excluding hydrogens is 631 g/mol. The Kier molecular flexibility index (Phi) is 7.96. The van der Waals surface area contributed by atoms with Crippen LogP contribution in [-0.2, 0) is 30.3 Å². The van der Waals surface area contributed by atoms with Crippen molar-refractivity contribution in [3.63, 3.8) is 0 Å². The maximum absolute atomic E-state index is 17.4. The first kappa shape index (κ1) is 33.3. The Morgan fingerprint density at radius 1 is 1.14 bits per heavy atom. The summed E-state index contributed by atoms with van der Waals surface area (Å²) in [6.45, 7) is 2.99. The predicted molar refractivity (Wildman–Crippen MR) is 176 cm³/mol. The molecule has 49 heavy (non-hydrogen) atoms. The fourth-order valence-electron chi connectivity index (χ4n) is 9.64. The largest absolute Gasteiger partial charge is 0.496 e. The number of nitrogens with one attached hydrogen (secondary N) is 1. The summed E-state index contributed by atoms with van der Waals surface area (Å²) in [4.78, 5) is 52.7. The van der Waals surface area contributed by atoms with Crippen LogP contribution in [0.15, 0.2) is 72.3 Å². The highest BCUT2D eigenvalue weighted by Gasteiger charge is 2.88. The molecule has 3 saturated carbocycles. The van der Waals surface area contributed by atoms with E-state index in [4.69, 9.17) is 19.9 Å². The number of alkyl halides is 1. The second kappa shape index (κ2) is 11.7. The third-order valence-corrected chi connectivity index (χ3v) is 12.0. The number of carbonyl (C=O) groups excluding carboxylic acids is 4. The summed E-state index contributed by atoms with van der Waals surface area (Å²) >= 11 is 0. The van der Waals surface area contributed by atoms with Crippen LogP contribution in [0.1, 0.15) is 55.5 Å². The second-order valence-corrected chi connectivity index (χ2v) is 14.4. The van der Waals surface area contributed by atoms with Gasteiger partial charge in [-0.05, 0) is 74.3 Å². The van der Waals surface area contributed by atoms with Gasteiger partial charge >= 0.3 is 5.97 Å². The molecule has 11 heteroatoms. The van der Waals surface area contributed by atoms with Gasteiger partial charge in [0.15, 0.2) is 23.7 Å². The summed E-state index contributed by atoms with van der Waals surface area (Å²) in [5.74, 6) is -3.22. The minimum absolute atomic E-state index is 0.0760. The maximum Gasteiger partial charge on any atom is 0.344 e. The van der Waals surface area contributed by atoms with Gasteiger partial charge in [-0.3, -0.25) is 14.4 Å². The van der Waals surface area contributed by atoms with Crippen LogP contribution in [0, 0.1) is 23.2 Å². The van der Waals surface area contributed by atoms with E-state index in [0.29, 0.717) is 24.8 Å². The Hall–Kier alpha value is -4.19. The zero-order chi connectivity index (χ0) is 34.9. The Balaban J connectivity index is 1.08. The van der Waals surface area contributed by atoms with Crippen LogP contribution >= 0.6 is 0 Å². The Morgan fingerprint density at radius 3 is 2.63 bits per heavy atom. The van der Waals surface area contributed by atoms with Crippen molar-refractivity contribution in [1.82, 2.24) is 0 Å². The molecule has 1 spiro atoms. The molecule has 4 fully saturated rings. The number of aliphatic hydroxyl groups is 1. The SMILES string of the molecule is COc1cccc(NC(=O)[C@@H](N)Cc2ccccc2)c1C(=O)OCC(=O)[C@]12O[C@@]13C[C@H](O)[C@@]1(F)[C@@H](CCC4=CC(=O)C=C[C@@]41C)C3C[C@H]2C. The van der Waals surface area contributed by atoms with Crippen molar-refractivity contribution in [2.24, 2.45) is 28.9 Å². The number of hydrogen-bond acceptors (Lipinski definition) is 9. The highest BCUT2D eigenvalue weighted by atomic mass is 19.1. The molecule has 258 valence electrons. The van der Waals surface area contributed by atoms with Crippen molar-refractivity contribution < 1.29 is 42.9 Å². The molecular formula is C38H41FN2O8. The number of fused-ring (bicyclic) bond motifs is 4. The minimum Gasteiger partial charge on any atom is -0.496 e. The summed E-state index contributed by atoms with van der Waals surface area (Å²) in [7, 11) is 1.37. The van der Waals surface area contributed by atoms with Crippen LogP contribution in [0.4, 0.5) is 10.1 Å². The second-order valence-electron chi connectivity index (χ2n) is 14.4. The summed E-state index contributed by atoms with van der Waals surface area (Å²) in [6.07, 6.45) is 4.61.